The third-order valence-electron chi connectivity index (χ3n) is 4.63. The summed E-state index contributed by atoms with van der Waals surface area (Å²) >= 11 is 0. The molecule has 1 saturated carbocycles. The average Bonchev–Trinajstić information content (AvgIpc) is 3.15. The lowest BCUT2D eigenvalue weighted by molar-refractivity contribution is 0.461. The van der Waals surface area contributed by atoms with Gasteiger partial charge in [-0.2, -0.15) is 0 Å². The Hall–Kier alpha value is -1.02. The first-order valence-electron chi connectivity index (χ1n) is 7.87. The zero-order valence-corrected chi connectivity index (χ0v) is 12.1. The summed E-state index contributed by atoms with van der Waals surface area (Å²) in [6.45, 7) is 7.02. The standard InChI is InChI=1S/C17H26N2/c1-14(16-6-7-16)12-18-13-15-4-8-17(9-5-15)19-10-2-3-11-19/h4-5,8-9,14,16,18H,2-3,6-7,10-13H2,1H3. The van der Waals surface area contributed by atoms with Crippen molar-refractivity contribution in [2.75, 3.05) is 24.5 Å². The Morgan fingerprint density at radius 2 is 1.84 bits per heavy atom. The normalized spacial score (nSPS) is 20.8. The second-order valence-corrected chi connectivity index (χ2v) is 6.31. The Morgan fingerprint density at radius 3 is 2.47 bits per heavy atom. The maximum absolute atomic E-state index is 3.60. The predicted octanol–water partition coefficient (Wildman–Crippen LogP) is 3.42. The van der Waals surface area contributed by atoms with Crippen LogP contribution in [0.1, 0.15) is 38.2 Å². The highest BCUT2D eigenvalue weighted by Crippen LogP contribution is 2.36. The molecule has 19 heavy (non-hydrogen) atoms. The van der Waals surface area contributed by atoms with Gasteiger partial charge in [0, 0.05) is 25.3 Å². The summed E-state index contributed by atoms with van der Waals surface area (Å²) in [7, 11) is 0. The van der Waals surface area contributed by atoms with Crippen molar-refractivity contribution in [3.05, 3.63) is 29.8 Å². The minimum absolute atomic E-state index is 0.851. The van der Waals surface area contributed by atoms with E-state index in [0.717, 1.165) is 18.4 Å². The minimum Gasteiger partial charge on any atom is -0.372 e. The third-order valence-corrected chi connectivity index (χ3v) is 4.63. The van der Waals surface area contributed by atoms with E-state index in [-0.39, 0.29) is 0 Å². The van der Waals surface area contributed by atoms with Crippen LogP contribution in [0.25, 0.3) is 0 Å². The Morgan fingerprint density at radius 1 is 1.16 bits per heavy atom. The number of benzene rings is 1. The molecule has 1 aromatic carbocycles. The van der Waals surface area contributed by atoms with Crippen LogP contribution in [0, 0.1) is 11.8 Å². The van der Waals surface area contributed by atoms with E-state index in [0.29, 0.717) is 0 Å². The fourth-order valence-electron chi connectivity index (χ4n) is 3.08. The molecule has 2 aliphatic rings. The van der Waals surface area contributed by atoms with Crippen molar-refractivity contribution in [1.82, 2.24) is 5.32 Å². The van der Waals surface area contributed by atoms with Gasteiger partial charge in [0.2, 0.25) is 0 Å². The van der Waals surface area contributed by atoms with Gasteiger partial charge in [-0.3, -0.25) is 0 Å². The quantitative estimate of drug-likeness (QED) is 0.841. The second-order valence-electron chi connectivity index (χ2n) is 6.31. The van der Waals surface area contributed by atoms with Crippen LogP contribution in [0.2, 0.25) is 0 Å². The van der Waals surface area contributed by atoms with Gasteiger partial charge in [-0.15, -0.1) is 0 Å². The molecule has 1 aromatic rings. The maximum atomic E-state index is 3.60. The molecule has 1 aliphatic carbocycles. The second kappa shape index (κ2) is 5.96. The molecule has 0 spiro atoms. The molecule has 0 bridgehead atoms. The molecule has 0 amide bonds. The molecule has 104 valence electrons. The number of hydrogen-bond acceptors (Lipinski definition) is 2. The zero-order valence-electron chi connectivity index (χ0n) is 12.1. The molecule has 1 atom stereocenters. The highest BCUT2D eigenvalue weighted by molar-refractivity contribution is 5.48. The van der Waals surface area contributed by atoms with Crippen LogP contribution in [-0.4, -0.2) is 19.6 Å². The molecule has 1 N–H and O–H groups in total. The summed E-state index contributed by atoms with van der Waals surface area (Å²) in [5.74, 6) is 1.86. The van der Waals surface area contributed by atoms with Gasteiger partial charge in [-0.05, 0) is 61.8 Å². The minimum atomic E-state index is 0.851. The Labute approximate surface area is 117 Å². The molecule has 0 radical (unpaired) electrons. The molecule has 1 aliphatic heterocycles. The van der Waals surface area contributed by atoms with Gasteiger partial charge < -0.3 is 10.2 Å². The predicted molar refractivity (Wildman–Crippen MR) is 81.5 cm³/mol. The van der Waals surface area contributed by atoms with Crippen molar-refractivity contribution in [3.8, 4) is 0 Å². The monoisotopic (exact) mass is 258 g/mol. The van der Waals surface area contributed by atoms with E-state index in [4.69, 9.17) is 0 Å². The SMILES string of the molecule is CC(CNCc1ccc(N2CCCC2)cc1)C1CC1. The third kappa shape index (κ3) is 3.50. The summed E-state index contributed by atoms with van der Waals surface area (Å²) < 4.78 is 0. The fourth-order valence-corrected chi connectivity index (χ4v) is 3.08. The lowest BCUT2D eigenvalue weighted by atomic mass is 10.1. The van der Waals surface area contributed by atoms with Crippen molar-refractivity contribution in [2.24, 2.45) is 11.8 Å². The lowest BCUT2D eigenvalue weighted by Crippen LogP contribution is -2.22. The summed E-state index contributed by atoms with van der Waals surface area (Å²) in [6.07, 6.45) is 5.60. The first kappa shape index (κ1) is 13.0. The van der Waals surface area contributed by atoms with E-state index in [1.54, 1.807) is 0 Å². The lowest BCUT2D eigenvalue weighted by Gasteiger charge is -2.18. The molecular formula is C17H26N2. The number of anilines is 1. The van der Waals surface area contributed by atoms with Crippen molar-refractivity contribution in [1.29, 1.82) is 0 Å². The zero-order chi connectivity index (χ0) is 13.1. The van der Waals surface area contributed by atoms with Crippen molar-refractivity contribution < 1.29 is 0 Å². The van der Waals surface area contributed by atoms with Gasteiger partial charge in [0.25, 0.3) is 0 Å². The Bertz CT molecular complexity index is 388. The molecule has 2 nitrogen and oxygen atoms in total. The fraction of sp³-hybridized carbons (Fsp3) is 0.647. The summed E-state index contributed by atoms with van der Waals surface area (Å²) in [4.78, 5) is 2.49. The number of nitrogens with one attached hydrogen (secondary N) is 1. The highest BCUT2D eigenvalue weighted by Gasteiger charge is 2.27. The van der Waals surface area contributed by atoms with Gasteiger partial charge in [0.15, 0.2) is 0 Å². The van der Waals surface area contributed by atoms with Gasteiger partial charge in [-0.25, -0.2) is 0 Å². The molecule has 1 saturated heterocycles. The van der Waals surface area contributed by atoms with E-state index in [9.17, 15) is 0 Å². The number of rotatable bonds is 6. The van der Waals surface area contributed by atoms with E-state index in [1.165, 1.54) is 56.6 Å². The van der Waals surface area contributed by atoms with Crippen molar-refractivity contribution in [3.63, 3.8) is 0 Å². The summed E-state index contributed by atoms with van der Waals surface area (Å²) in [5.41, 5.74) is 2.80. The molecular weight excluding hydrogens is 232 g/mol. The van der Waals surface area contributed by atoms with Crippen LogP contribution in [-0.2, 0) is 6.54 Å². The van der Waals surface area contributed by atoms with E-state index in [1.807, 2.05) is 0 Å². The maximum Gasteiger partial charge on any atom is 0.0366 e. The van der Waals surface area contributed by atoms with Gasteiger partial charge in [-0.1, -0.05) is 19.1 Å². The first-order valence-corrected chi connectivity index (χ1v) is 7.87. The van der Waals surface area contributed by atoms with Gasteiger partial charge in [0.05, 0.1) is 0 Å². The van der Waals surface area contributed by atoms with Crippen LogP contribution in [0.3, 0.4) is 0 Å². The number of nitrogens with zero attached hydrogens (tertiary/aromatic N) is 1. The van der Waals surface area contributed by atoms with Crippen LogP contribution in [0.15, 0.2) is 24.3 Å². The number of hydrogen-bond donors (Lipinski definition) is 1. The topological polar surface area (TPSA) is 15.3 Å². The first-order chi connectivity index (χ1) is 9.33. The summed E-state index contributed by atoms with van der Waals surface area (Å²) in [5, 5.41) is 3.60. The molecule has 2 heteroatoms. The summed E-state index contributed by atoms with van der Waals surface area (Å²) in [6, 6.07) is 9.13. The molecule has 1 unspecified atom stereocenters. The molecule has 2 fully saturated rings. The average molecular weight is 258 g/mol. The smallest absolute Gasteiger partial charge is 0.0366 e. The van der Waals surface area contributed by atoms with Gasteiger partial charge >= 0.3 is 0 Å². The van der Waals surface area contributed by atoms with Crippen LogP contribution in [0.4, 0.5) is 5.69 Å². The van der Waals surface area contributed by atoms with Crippen LogP contribution >= 0.6 is 0 Å². The van der Waals surface area contributed by atoms with Crippen molar-refractivity contribution in [2.45, 2.75) is 39.2 Å². The van der Waals surface area contributed by atoms with E-state index in [2.05, 4.69) is 41.4 Å². The van der Waals surface area contributed by atoms with Crippen molar-refractivity contribution >= 4 is 5.69 Å². The molecule has 1 heterocycles. The molecule has 3 rings (SSSR count). The molecule has 0 aromatic heterocycles. The Balaban J connectivity index is 1.45. The van der Waals surface area contributed by atoms with E-state index < -0.39 is 0 Å². The van der Waals surface area contributed by atoms with Crippen LogP contribution in [0.5, 0.6) is 0 Å². The van der Waals surface area contributed by atoms with Gasteiger partial charge in [0.1, 0.15) is 0 Å². The Kier molecular flexibility index (Phi) is 4.07. The van der Waals surface area contributed by atoms with Crippen LogP contribution < -0.4 is 10.2 Å². The largest absolute Gasteiger partial charge is 0.372 e. The van der Waals surface area contributed by atoms with E-state index >= 15 is 0 Å². The highest BCUT2D eigenvalue weighted by atomic mass is 15.1.